The van der Waals surface area contributed by atoms with Crippen molar-refractivity contribution in [2.45, 2.75) is 38.1 Å². The van der Waals surface area contributed by atoms with Gasteiger partial charge in [-0.15, -0.1) is 0 Å². The van der Waals surface area contributed by atoms with Crippen molar-refractivity contribution < 1.29 is 0 Å². The molecule has 3 rings (SSSR count). The van der Waals surface area contributed by atoms with E-state index in [4.69, 9.17) is 0 Å². The van der Waals surface area contributed by atoms with Crippen molar-refractivity contribution >= 4 is 0 Å². The van der Waals surface area contributed by atoms with Gasteiger partial charge in [-0.1, -0.05) is 24.3 Å². The summed E-state index contributed by atoms with van der Waals surface area (Å²) >= 11 is 0. The maximum Gasteiger partial charge on any atom is 0.00704 e. The Bertz CT molecular complexity index is 314. The molecule has 80 valence electrons. The zero-order chi connectivity index (χ0) is 10.1. The number of nitrogens with one attached hydrogen (secondary N) is 1. The number of hydrogen-bond donors (Lipinski definition) is 1. The molecule has 2 aliphatic rings. The van der Waals surface area contributed by atoms with Gasteiger partial charge in [0.15, 0.2) is 0 Å². The van der Waals surface area contributed by atoms with Crippen LogP contribution in [0.25, 0.3) is 0 Å². The van der Waals surface area contributed by atoms with Crippen molar-refractivity contribution in [2.24, 2.45) is 5.92 Å². The average molecular weight is 201 g/mol. The lowest BCUT2D eigenvalue weighted by Crippen LogP contribution is -2.24. The zero-order valence-electron chi connectivity index (χ0n) is 9.21. The van der Waals surface area contributed by atoms with E-state index in [2.05, 4.69) is 29.6 Å². The fourth-order valence-corrected chi connectivity index (χ4v) is 3.18. The molecule has 1 N–H and O–H groups in total. The van der Waals surface area contributed by atoms with E-state index < -0.39 is 0 Å². The van der Waals surface area contributed by atoms with E-state index in [0.29, 0.717) is 0 Å². The van der Waals surface area contributed by atoms with Gasteiger partial charge in [-0.05, 0) is 55.7 Å². The molecular weight excluding hydrogens is 182 g/mol. The predicted molar refractivity (Wildman–Crippen MR) is 63.0 cm³/mol. The minimum Gasteiger partial charge on any atom is -0.314 e. The smallest absolute Gasteiger partial charge is 0.00704 e. The summed E-state index contributed by atoms with van der Waals surface area (Å²) in [6, 6.07) is 9.77. The van der Waals surface area contributed by atoms with Gasteiger partial charge in [-0.25, -0.2) is 0 Å². The van der Waals surface area contributed by atoms with Crippen LogP contribution in [0.2, 0.25) is 0 Å². The van der Waals surface area contributed by atoms with E-state index in [1.165, 1.54) is 38.6 Å². The molecular formula is C14H19N. The highest BCUT2D eigenvalue weighted by atomic mass is 14.9. The molecule has 0 aromatic heterocycles. The van der Waals surface area contributed by atoms with Crippen LogP contribution in [0.4, 0.5) is 0 Å². The van der Waals surface area contributed by atoms with Crippen molar-refractivity contribution in [1.29, 1.82) is 0 Å². The number of fused-ring (bicyclic) bond motifs is 1. The number of benzene rings is 1. The van der Waals surface area contributed by atoms with Crippen LogP contribution in [-0.2, 0) is 12.8 Å². The predicted octanol–water partition coefficient (Wildman–Crippen LogP) is 2.54. The van der Waals surface area contributed by atoms with Crippen LogP contribution in [0.3, 0.4) is 0 Å². The molecule has 0 saturated carbocycles. The second kappa shape index (κ2) is 3.97. The lowest BCUT2D eigenvalue weighted by molar-refractivity contribution is 0.425. The van der Waals surface area contributed by atoms with Crippen molar-refractivity contribution in [2.75, 3.05) is 6.54 Å². The molecule has 0 spiro atoms. The van der Waals surface area contributed by atoms with Crippen LogP contribution in [0.1, 0.15) is 30.4 Å². The first-order chi connectivity index (χ1) is 7.42. The van der Waals surface area contributed by atoms with E-state index >= 15 is 0 Å². The third kappa shape index (κ3) is 1.93. The average Bonchev–Trinajstić information content (AvgIpc) is 2.86. The summed E-state index contributed by atoms with van der Waals surface area (Å²) in [6.07, 6.45) is 6.79. The van der Waals surface area contributed by atoms with Crippen LogP contribution in [-0.4, -0.2) is 12.6 Å². The SMILES string of the molecule is c1ccc2c(c1)CC(CC1CCCN1)C2. The van der Waals surface area contributed by atoms with Crippen molar-refractivity contribution in [3.05, 3.63) is 35.4 Å². The Morgan fingerprint density at radius 1 is 1.13 bits per heavy atom. The summed E-state index contributed by atoms with van der Waals surface area (Å²) in [6.45, 7) is 1.24. The summed E-state index contributed by atoms with van der Waals surface area (Å²) in [7, 11) is 0. The number of rotatable bonds is 2. The molecule has 0 radical (unpaired) electrons. The Balaban J connectivity index is 1.63. The third-order valence-corrected chi connectivity index (χ3v) is 3.92. The van der Waals surface area contributed by atoms with Gasteiger partial charge in [0, 0.05) is 6.04 Å². The summed E-state index contributed by atoms with van der Waals surface area (Å²) in [5.74, 6) is 0.901. The Morgan fingerprint density at radius 2 is 1.87 bits per heavy atom. The second-order valence-corrected chi connectivity index (χ2v) is 5.07. The van der Waals surface area contributed by atoms with E-state index in [9.17, 15) is 0 Å². The first-order valence-electron chi connectivity index (χ1n) is 6.22. The van der Waals surface area contributed by atoms with E-state index in [1.807, 2.05) is 0 Å². The molecule has 1 saturated heterocycles. The summed E-state index contributed by atoms with van der Waals surface area (Å²) in [5, 5.41) is 3.61. The molecule has 1 aliphatic heterocycles. The topological polar surface area (TPSA) is 12.0 Å². The molecule has 1 heteroatoms. The molecule has 1 unspecified atom stereocenters. The van der Waals surface area contributed by atoms with Crippen LogP contribution >= 0.6 is 0 Å². The fraction of sp³-hybridized carbons (Fsp3) is 0.571. The lowest BCUT2D eigenvalue weighted by Gasteiger charge is -2.15. The van der Waals surface area contributed by atoms with Gasteiger partial charge in [0.1, 0.15) is 0 Å². The Morgan fingerprint density at radius 3 is 2.47 bits per heavy atom. The van der Waals surface area contributed by atoms with Crippen LogP contribution < -0.4 is 5.32 Å². The van der Waals surface area contributed by atoms with Crippen LogP contribution in [0.15, 0.2) is 24.3 Å². The summed E-state index contributed by atoms with van der Waals surface area (Å²) in [5.41, 5.74) is 3.20. The third-order valence-electron chi connectivity index (χ3n) is 3.92. The van der Waals surface area contributed by atoms with Crippen molar-refractivity contribution in [1.82, 2.24) is 5.32 Å². The maximum absolute atomic E-state index is 3.61. The molecule has 1 nitrogen and oxygen atoms in total. The van der Waals surface area contributed by atoms with E-state index in [-0.39, 0.29) is 0 Å². The van der Waals surface area contributed by atoms with Gasteiger partial charge in [-0.2, -0.15) is 0 Å². The van der Waals surface area contributed by atoms with Gasteiger partial charge < -0.3 is 5.32 Å². The molecule has 1 aromatic carbocycles. The van der Waals surface area contributed by atoms with Crippen LogP contribution in [0, 0.1) is 5.92 Å². The second-order valence-electron chi connectivity index (χ2n) is 5.07. The largest absolute Gasteiger partial charge is 0.314 e. The minimum atomic E-state index is 0.810. The quantitative estimate of drug-likeness (QED) is 0.775. The van der Waals surface area contributed by atoms with E-state index in [1.54, 1.807) is 11.1 Å². The van der Waals surface area contributed by atoms with Gasteiger partial charge in [0.2, 0.25) is 0 Å². The highest BCUT2D eigenvalue weighted by molar-refractivity contribution is 5.32. The van der Waals surface area contributed by atoms with Crippen molar-refractivity contribution in [3.63, 3.8) is 0 Å². The molecule has 1 atom stereocenters. The molecule has 1 aliphatic carbocycles. The molecule has 0 amide bonds. The van der Waals surface area contributed by atoms with Gasteiger partial charge in [-0.3, -0.25) is 0 Å². The minimum absolute atomic E-state index is 0.810. The van der Waals surface area contributed by atoms with Gasteiger partial charge >= 0.3 is 0 Å². The normalized spacial score (nSPS) is 25.7. The molecule has 1 fully saturated rings. The highest BCUT2D eigenvalue weighted by Crippen LogP contribution is 2.30. The highest BCUT2D eigenvalue weighted by Gasteiger charge is 2.25. The summed E-state index contributed by atoms with van der Waals surface area (Å²) in [4.78, 5) is 0. The van der Waals surface area contributed by atoms with E-state index in [0.717, 1.165) is 12.0 Å². The molecule has 1 aromatic rings. The Hall–Kier alpha value is -0.820. The fourth-order valence-electron chi connectivity index (χ4n) is 3.18. The molecule has 0 bridgehead atoms. The number of hydrogen-bond acceptors (Lipinski definition) is 1. The van der Waals surface area contributed by atoms with Gasteiger partial charge in [0.05, 0.1) is 0 Å². The Kier molecular flexibility index (Phi) is 2.49. The standard InChI is InChI=1S/C14H19N/c1-2-5-13-9-11(8-12(13)4-1)10-14-6-3-7-15-14/h1-2,4-5,11,14-15H,3,6-10H2. The maximum atomic E-state index is 3.61. The van der Waals surface area contributed by atoms with Gasteiger partial charge in [0.25, 0.3) is 0 Å². The first kappa shape index (κ1) is 9.41. The monoisotopic (exact) mass is 201 g/mol. The Labute approximate surface area is 91.9 Å². The van der Waals surface area contributed by atoms with Crippen molar-refractivity contribution in [3.8, 4) is 0 Å². The lowest BCUT2D eigenvalue weighted by atomic mass is 9.96. The first-order valence-corrected chi connectivity index (χ1v) is 6.22. The summed E-state index contributed by atoms with van der Waals surface area (Å²) < 4.78 is 0. The zero-order valence-corrected chi connectivity index (χ0v) is 9.21. The van der Waals surface area contributed by atoms with Crippen LogP contribution in [0.5, 0.6) is 0 Å². The molecule has 1 heterocycles. The molecule has 15 heavy (non-hydrogen) atoms.